The summed E-state index contributed by atoms with van der Waals surface area (Å²) in [6, 6.07) is 0. The number of rotatable bonds is 9. The van der Waals surface area contributed by atoms with Gasteiger partial charge in [-0.3, -0.25) is 4.79 Å². The van der Waals surface area contributed by atoms with Crippen LogP contribution in [0.3, 0.4) is 0 Å². The van der Waals surface area contributed by atoms with Gasteiger partial charge < -0.3 is 10.1 Å². The summed E-state index contributed by atoms with van der Waals surface area (Å²) in [5.74, 6) is 0.772. The molecule has 84 valence electrons. The number of alkyl halides is 1. The molecule has 0 aromatic rings. The molecule has 0 aliphatic rings. The minimum absolute atomic E-state index is 0.132. The van der Waals surface area contributed by atoms with E-state index < -0.39 is 0 Å². The third kappa shape index (κ3) is 9.81. The molecule has 0 aliphatic carbocycles. The van der Waals surface area contributed by atoms with Crippen molar-refractivity contribution in [1.29, 1.82) is 0 Å². The van der Waals surface area contributed by atoms with Crippen LogP contribution >= 0.6 is 11.6 Å². The molecule has 0 aliphatic heterocycles. The van der Waals surface area contributed by atoms with Crippen molar-refractivity contribution in [2.24, 2.45) is 0 Å². The van der Waals surface area contributed by atoms with Crippen LogP contribution in [0.15, 0.2) is 0 Å². The van der Waals surface area contributed by atoms with E-state index in [-0.39, 0.29) is 5.91 Å². The minimum atomic E-state index is 0.132. The molecule has 0 radical (unpaired) electrons. The van der Waals surface area contributed by atoms with Crippen LogP contribution in [-0.2, 0) is 9.53 Å². The average molecular weight is 222 g/mol. The minimum Gasteiger partial charge on any atom is -0.385 e. The quantitative estimate of drug-likeness (QED) is 0.477. The van der Waals surface area contributed by atoms with E-state index in [0.717, 1.165) is 38.8 Å². The Labute approximate surface area is 91.2 Å². The van der Waals surface area contributed by atoms with E-state index in [9.17, 15) is 4.79 Å². The van der Waals surface area contributed by atoms with Crippen LogP contribution in [-0.4, -0.2) is 32.0 Å². The number of carbonyl (C=O) groups is 1. The predicted octanol–water partition coefficient (Wildman–Crippen LogP) is 1.94. The maximum atomic E-state index is 11.2. The molecule has 0 saturated heterocycles. The molecule has 0 aromatic heterocycles. The number of carbonyl (C=O) groups excluding carboxylic acids is 1. The van der Waals surface area contributed by atoms with Gasteiger partial charge in [0.2, 0.25) is 5.91 Å². The summed E-state index contributed by atoms with van der Waals surface area (Å²) in [7, 11) is 1.69. The van der Waals surface area contributed by atoms with E-state index in [1.54, 1.807) is 7.11 Å². The highest BCUT2D eigenvalue weighted by Gasteiger charge is 1.99. The first-order chi connectivity index (χ1) is 6.81. The predicted molar refractivity (Wildman–Crippen MR) is 58.7 cm³/mol. The number of methoxy groups -OCH3 is 1. The molecular weight excluding hydrogens is 202 g/mol. The number of amides is 1. The Morgan fingerprint density at radius 2 is 2.07 bits per heavy atom. The molecule has 0 rings (SSSR count). The van der Waals surface area contributed by atoms with E-state index in [4.69, 9.17) is 16.3 Å². The molecule has 0 fully saturated rings. The number of unbranched alkanes of at least 4 members (excludes halogenated alkanes) is 2. The second-order valence-corrected chi connectivity index (χ2v) is 3.57. The summed E-state index contributed by atoms with van der Waals surface area (Å²) >= 11 is 5.50. The molecule has 0 bridgehead atoms. The SMILES string of the molecule is COCCCCNC(=O)CCCCCl. The molecule has 0 unspecified atom stereocenters. The molecular formula is C10H20ClNO2. The van der Waals surface area contributed by atoms with Gasteiger partial charge in [-0.05, 0) is 25.7 Å². The van der Waals surface area contributed by atoms with Crippen molar-refractivity contribution in [2.75, 3.05) is 26.1 Å². The molecule has 0 heterocycles. The second kappa shape index (κ2) is 10.8. The smallest absolute Gasteiger partial charge is 0.219 e. The fourth-order valence-corrected chi connectivity index (χ4v) is 1.26. The van der Waals surface area contributed by atoms with Crippen LogP contribution in [0.25, 0.3) is 0 Å². The van der Waals surface area contributed by atoms with Gasteiger partial charge in [0.25, 0.3) is 0 Å². The lowest BCUT2D eigenvalue weighted by Gasteiger charge is -2.04. The van der Waals surface area contributed by atoms with E-state index >= 15 is 0 Å². The summed E-state index contributed by atoms with van der Waals surface area (Å²) in [6.07, 6.45) is 4.37. The van der Waals surface area contributed by atoms with Crippen LogP contribution in [0.5, 0.6) is 0 Å². The third-order valence-corrected chi connectivity index (χ3v) is 2.15. The molecule has 0 aromatic carbocycles. The standard InChI is InChI=1S/C10H20ClNO2/c1-14-9-5-4-8-12-10(13)6-2-3-7-11/h2-9H2,1H3,(H,12,13). The zero-order chi connectivity index (χ0) is 10.6. The number of hydrogen-bond acceptors (Lipinski definition) is 2. The summed E-state index contributed by atoms with van der Waals surface area (Å²) in [5.41, 5.74) is 0. The Morgan fingerprint density at radius 1 is 1.29 bits per heavy atom. The maximum Gasteiger partial charge on any atom is 0.219 e. The van der Waals surface area contributed by atoms with Gasteiger partial charge in [-0.15, -0.1) is 11.6 Å². The maximum absolute atomic E-state index is 11.2. The zero-order valence-corrected chi connectivity index (χ0v) is 9.61. The van der Waals surface area contributed by atoms with E-state index in [0.29, 0.717) is 12.3 Å². The van der Waals surface area contributed by atoms with Gasteiger partial charge in [-0.25, -0.2) is 0 Å². The number of halogens is 1. The van der Waals surface area contributed by atoms with Gasteiger partial charge in [-0.1, -0.05) is 0 Å². The molecule has 0 atom stereocenters. The van der Waals surface area contributed by atoms with E-state index in [2.05, 4.69) is 5.32 Å². The van der Waals surface area contributed by atoms with Crippen LogP contribution in [0.2, 0.25) is 0 Å². The lowest BCUT2D eigenvalue weighted by atomic mass is 10.2. The Hall–Kier alpha value is -0.280. The topological polar surface area (TPSA) is 38.3 Å². The highest BCUT2D eigenvalue weighted by molar-refractivity contribution is 6.17. The van der Waals surface area contributed by atoms with E-state index in [1.165, 1.54) is 0 Å². The summed E-state index contributed by atoms with van der Waals surface area (Å²) in [6.45, 7) is 1.52. The van der Waals surface area contributed by atoms with E-state index in [1.807, 2.05) is 0 Å². The summed E-state index contributed by atoms with van der Waals surface area (Å²) in [5, 5.41) is 2.86. The number of ether oxygens (including phenoxy) is 1. The zero-order valence-electron chi connectivity index (χ0n) is 8.85. The Morgan fingerprint density at radius 3 is 2.71 bits per heavy atom. The Balaban J connectivity index is 3.10. The van der Waals surface area contributed by atoms with Gasteiger partial charge in [0.05, 0.1) is 0 Å². The first-order valence-electron chi connectivity index (χ1n) is 5.13. The van der Waals surface area contributed by atoms with Gasteiger partial charge in [-0.2, -0.15) is 0 Å². The average Bonchev–Trinajstić information content (AvgIpc) is 2.18. The Bertz CT molecular complexity index is 142. The van der Waals surface area contributed by atoms with Crippen LogP contribution in [0, 0.1) is 0 Å². The van der Waals surface area contributed by atoms with Crippen LogP contribution in [0.1, 0.15) is 32.1 Å². The largest absolute Gasteiger partial charge is 0.385 e. The highest BCUT2D eigenvalue weighted by atomic mass is 35.5. The van der Waals surface area contributed by atoms with Gasteiger partial charge in [0.15, 0.2) is 0 Å². The molecule has 1 N–H and O–H groups in total. The molecule has 14 heavy (non-hydrogen) atoms. The molecule has 0 saturated carbocycles. The monoisotopic (exact) mass is 221 g/mol. The first-order valence-corrected chi connectivity index (χ1v) is 5.66. The van der Waals surface area contributed by atoms with Crippen molar-refractivity contribution in [3.05, 3.63) is 0 Å². The van der Waals surface area contributed by atoms with Crippen LogP contribution < -0.4 is 5.32 Å². The highest BCUT2D eigenvalue weighted by Crippen LogP contribution is 1.97. The van der Waals surface area contributed by atoms with Crippen molar-refractivity contribution in [2.45, 2.75) is 32.1 Å². The molecule has 1 amide bonds. The normalized spacial score (nSPS) is 10.1. The van der Waals surface area contributed by atoms with Gasteiger partial charge in [0.1, 0.15) is 0 Å². The first kappa shape index (κ1) is 13.7. The molecule has 3 nitrogen and oxygen atoms in total. The fourth-order valence-electron chi connectivity index (χ4n) is 1.07. The lowest BCUT2D eigenvalue weighted by molar-refractivity contribution is -0.121. The lowest BCUT2D eigenvalue weighted by Crippen LogP contribution is -2.24. The fraction of sp³-hybridized carbons (Fsp3) is 0.900. The third-order valence-electron chi connectivity index (χ3n) is 1.88. The Kier molecular flexibility index (Phi) is 10.6. The summed E-state index contributed by atoms with van der Waals surface area (Å²) < 4.78 is 4.90. The van der Waals surface area contributed by atoms with Crippen molar-refractivity contribution < 1.29 is 9.53 Å². The van der Waals surface area contributed by atoms with Crippen molar-refractivity contribution >= 4 is 17.5 Å². The number of hydrogen-bond donors (Lipinski definition) is 1. The van der Waals surface area contributed by atoms with Gasteiger partial charge >= 0.3 is 0 Å². The second-order valence-electron chi connectivity index (χ2n) is 3.20. The summed E-state index contributed by atoms with van der Waals surface area (Å²) in [4.78, 5) is 11.2. The van der Waals surface area contributed by atoms with Gasteiger partial charge in [0, 0.05) is 32.6 Å². The van der Waals surface area contributed by atoms with Crippen molar-refractivity contribution in [1.82, 2.24) is 5.32 Å². The molecule has 4 heteroatoms. The van der Waals surface area contributed by atoms with Crippen molar-refractivity contribution in [3.63, 3.8) is 0 Å². The van der Waals surface area contributed by atoms with Crippen molar-refractivity contribution in [3.8, 4) is 0 Å². The molecule has 0 spiro atoms. The van der Waals surface area contributed by atoms with Crippen LogP contribution in [0.4, 0.5) is 0 Å². The number of nitrogens with one attached hydrogen (secondary N) is 1.